The molecule has 0 N–H and O–H groups in total. The van der Waals surface area contributed by atoms with Crippen molar-refractivity contribution in [2.24, 2.45) is 0 Å². The van der Waals surface area contributed by atoms with E-state index < -0.39 is 4.92 Å². The lowest BCUT2D eigenvalue weighted by molar-refractivity contribution is -0.384. The van der Waals surface area contributed by atoms with E-state index in [1.54, 1.807) is 41.3 Å². The summed E-state index contributed by atoms with van der Waals surface area (Å²) in [7, 11) is 0. The Balaban J connectivity index is 1.63. The normalized spacial score (nSPS) is 14.5. The van der Waals surface area contributed by atoms with E-state index in [0.29, 0.717) is 36.8 Å². The van der Waals surface area contributed by atoms with Crippen molar-refractivity contribution in [1.29, 1.82) is 0 Å². The van der Waals surface area contributed by atoms with Crippen molar-refractivity contribution in [2.45, 2.75) is 0 Å². The first-order chi connectivity index (χ1) is 11.5. The molecular formula is C17H16ClN3O3. The van der Waals surface area contributed by atoms with Crippen LogP contribution in [0.1, 0.15) is 10.4 Å². The van der Waals surface area contributed by atoms with Gasteiger partial charge in [0.05, 0.1) is 4.92 Å². The molecule has 0 bridgehead atoms. The maximum Gasteiger partial charge on any atom is 0.269 e. The molecule has 1 heterocycles. The summed E-state index contributed by atoms with van der Waals surface area (Å²) in [6.07, 6.45) is 0. The fourth-order valence-electron chi connectivity index (χ4n) is 2.76. The van der Waals surface area contributed by atoms with Crippen LogP contribution in [-0.4, -0.2) is 41.9 Å². The van der Waals surface area contributed by atoms with Gasteiger partial charge in [-0.15, -0.1) is 0 Å². The molecular weight excluding hydrogens is 330 g/mol. The van der Waals surface area contributed by atoms with Gasteiger partial charge < -0.3 is 9.80 Å². The Morgan fingerprint density at radius 3 is 2.29 bits per heavy atom. The Bertz CT molecular complexity index is 756. The van der Waals surface area contributed by atoms with Crippen LogP contribution in [-0.2, 0) is 0 Å². The first-order valence-corrected chi connectivity index (χ1v) is 7.96. The summed E-state index contributed by atoms with van der Waals surface area (Å²) in [6, 6.07) is 13.4. The van der Waals surface area contributed by atoms with Crippen molar-refractivity contribution < 1.29 is 9.72 Å². The lowest BCUT2D eigenvalue weighted by Gasteiger charge is -2.36. The van der Waals surface area contributed by atoms with Crippen LogP contribution in [0.3, 0.4) is 0 Å². The molecule has 6 nitrogen and oxygen atoms in total. The molecule has 2 aromatic carbocycles. The van der Waals surface area contributed by atoms with Crippen LogP contribution in [0.4, 0.5) is 11.4 Å². The zero-order chi connectivity index (χ0) is 17.1. The first-order valence-electron chi connectivity index (χ1n) is 7.59. The van der Waals surface area contributed by atoms with E-state index in [0.717, 1.165) is 5.69 Å². The predicted molar refractivity (Wildman–Crippen MR) is 92.7 cm³/mol. The second-order valence-electron chi connectivity index (χ2n) is 5.56. The van der Waals surface area contributed by atoms with Crippen LogP contribution in [0.5, 0.6) is 0 Å². The number of nitrogens with zero attached hydrogens (tertiary/aromatic N) is 3. The highest BCUT2D eigenvalue weighted by atomic mass is 35.5. The standard InChI is InChI=1S/C17H16ClN3O3/c18-14-3-1-2-13(12-14)17(22)20-10-8-19(9-11-20)15-4-6-16(7-5-15)21(23)24/h1-7,12H,8-11H2. The summed E-state index contributed by atoms with van der Waals surface area (Å²) in [5, 5.41) is 11.3. The molecule has 2 aromatic rings. The van der Waals surface area contributed by atoms with E-state index >= 15 is 0 Å². The highest BCUT2D eigenvalue weighted by molar-refractivity contribution is 6.30. The fraction of sp³-hybridized carbons (Fsp3) is 0.235. The van der Waals surface area contributed by atoms with E-state index in [4.69, 9.17) is 11.6 Å². The minimum atomic E-state index is -0.411. The van der Waals surface area contributed by atoms with Gasteiger partial charge in [-0.1, -0.05) is 17.7 Å². The highest BCUT2D eigenvalue weighted by Gasteiger charge is 2.22. The molecule has 24 heavy (non-hydrogen) atoms. The Morgan fingerprint density at radius 2 is 1.71 bits per heavy atom. The number of nitro benzene ring substituents is 1. The molecule has 3 rings (SSSR count). The molecule has 0 spiro atoms. The average molecular weight is 346 g/mol. The van der Waals surface area contributed by atoms with Gasteiger partial charge in [0.1, 0.15) is 0 Å². The second kappa shape index (κ2) is 6.88. The maximum atomic E-state index is 12.5. The molecule has 1 fully saturated rings. The average Bonchev–Trinajstić information content (AvgIpc) is 2.61. The van der Waals surface area contributed by atoms with Crippen molar-refractivity contribution in [3.05, 3.63) is 69.2 Å². The Hall–Kier alpha value is -2.60. The van der Waals surface area contributed by atoms with Gasteiger partial charge in [-0.3, -0.25) is 14.9 Å². The van der Waals surface area contributed by atoms with Crippen molar-refractivity contribution >= 4 is 28.9 Å². The van der Waals surface area contributed by atoms with Gasteiger partial charge in [0.15, 0.2) is 0 Å². The molecule has 124 valence electrons. The third-order valence-electron chi connectivity index (χ3n) is 4.06. The number of rotatable bonds is 3. The molecule has 1 saturated heterocycles. The summed E-state index contributed by atoms with van der Waals surface area (Å²) in [6.45, 7) is 2.57. The molecule has 0 atom stereocenters. The first kappa shape index (κ1) is 16.3. The number of carbonyl (C=O) groups excluding carboxylic acids is 1. The predicted octanol–water partition coefficient (Wildman–Crippen LogP) is 3.21. The highest BCUT2D eigenvalue weighted by Crippen LogP contribution is 2.21. The zero-order valence-electron chi connectivity index (χ0n) is 12.9. The van der Waals surface area contributed by atoms with Crippen LogP contribution in [0.25, 0.3) is 0 Å². The third-order valence-corrected chi connectivity index (χ3v) is 4.30. The Kier molecular flexibility index (Phi) is 4.66. The Labute approximate surface area is 144 Å². The summed E-state index contributed by atoms with van der Waals surface area (Å²) < 4.78 is 0. The minimum absolute atomic E-state index is 0.0270. The molecule has 1 aliphatic heterocycles. The monoisotopic (exact) mass is 345 g/mol. The van der Waals surface area contributed by atoms with E-state index in [-0.39, 0.29) is 11.6 Å². The number of benzene rings is 2. The number of amides is 1. The molecule has 0 unspecified atom stereocenters. The van der Waals surface area contributed by atoms with E-state index in [1.165, 1.54) is 12.1 Å². The van der Waals surface area contributed by atoms with Crippen molar-refractivity contribution in [3.8, 4) is 0 Å². The quantitative estimate of drug-likeness (QED) is 0.633. The van der Waals surface area contributed by atoms with Crippen LogP contribution in [0.15, 0.2) is 48.5 Å². The smallest absolute Gasteiger partial charge is 0.269 e. The minimum Gasteiger partial charge on any atom is -0.368 e. The second-order valence-corrected chi connectivity index (χ2v) is 6.00. The molecule has 0 aromatic heterocycles. The molecule has 0 radical (unpaired) electrons. The number of nitro groups is 1. The van der Waals surface area contributed by atoms with Gasteiger partial charge in [0.2, 0.25) is 0 Å². The zero-order valence-corrected chi connectivity index (χ0v) is 13.6. The van der Waals surface area contributed by atoms with Crippen molar-refractivity contribution in [3.63, 3.8) is 0 Å². The molecule has 1 aliphatic rings. The number of halogens is 1. The number of carbonyl (C=O) groups is 1. The SMILES string of the molecule is O=C(c1cccc(Cl)c1)N1CCN(c2ccc([N+](=O)[O-])cc2)CC1. The number of hydrogen-bond donors (Lipinski definition) is 0. The molecule has 1 amide bonds. The summed E-state index contributed by atoms with van der Waals surface area (Å²) in [4.78, 5) is 26.7. The van der Waals surface area contributed by atoms with Gasteiger partial charge in [-0.05, 0) is 30.3 Å². The fourth-order valence-corrected chi connectivity index (χ4v) is 2.95. The summed E-state index contributed by atoms with van der Waals surface area (Å²) >= 11 is 5.94. The number of non-ortho nitro benzene ring substituents is 1. The Morgan fingerprint density at radius 1 is 1.04 bits per heavy atom. The van der Waals surface area contributed by atoms with Gasteiger partial charge >= 0.3 is 0 Å². The van der Waals surface area contributed by atoms with Crippen LogP contribution >= 0.6 is 11.6 Å². The summed E-state index contributed by atoms with van der Waals surface area (Å²) in [5.74, 6) is -0.0270. The van der Waals surface area contributed by atoms with E-state index in [2.05, 4.69) is 4.90 Å². The number of hydrogen-bond acceptors (Lipinski definition) is 4. The van der Waals surface area contributed by atoms with Gasteiger partial charge in [-0.2, -0.15) is 0 Å². The number of piperazine rings is 1. The molecule has 0 saturated carbocycles. The lowest BCUT2D eigenvalue weighted by atomic mass is 10.1. The van der Waals surface area contributed by atoms with Crippen molar-refractivity contribution in [1.82, 2.24) is 4.90 Å². The van der Waals surface area contributed by atoms with Crippen molar-refractivity contribution in [2.75, 3.05) is 31.1 Å². The largest absolute Gasteiger partial charge is 0.368 e. The lowest BCUT2D eigenvalue weighted by Crippen LogP contribution is -2.48. The summed E-state index contributed by atoms with van der Waals surface area (Å²) in [5.41, 5.74) is 1.59. The van der Waals surface area contributed by atoms with Crippen LogP contribution < -0.4 is 4.90 Å². The van der Waals surface area contributed by atoms with Gasteiger partial charge in [-0.25, -0.2) is 0 Å². The third kappa shape index (κ3) is 3.49. The molecule has 7 heteroatoms. The topological polar surface area (TPSA) is 66.7 Å². The number of anilines is 1. The van der Waals surface area contributed by atoms with Crippen LogP contribution in [0, 0.1) is 10.1 Å². The molecule has 0 aliphatic carbocycles. The van der Waals surface area contributed by atoms with E-state index in [1.807, 2.05) is 0 Å². The van der Waals surface area contributed by atoms with E-state index in [9.17, 15) is 14.9 Å². The van der Waals surface area contributed by atoms with Crippen LogP contribution in [0.2, 0.25) is 5.02 Å². The van der Waals surface area contributed by atoms with Gasteiger partial charge in [0, 0.05) is 54.6 Å². The van der Waals surface area contributed by atoms with Gasteiger partial charge in [0.25, 0.3) is 11.6 Å². The maximum absolute atomic E-state index is 12.5.